The summed E-state index contributed by atoms with van der Waals surface area (Å²) in [5.41, 5.74) is 6.06. The van der Waals surface area contributed by atoms with E-state index in [1.807, 2.05) is 4.72 Å². The number of amides is 1. The fourth-order valence-corrected chi connectivity index (χ4v) is 1.36. The average Bonchev–Trinajstić information content (AvgIpc) is 2.01. The highest BCUT2D eigenvalue weighted by Gasteiger charge is 2.10. The lowest BCUT2D eigenvalue weighted by Crippen LogP contribution is -2.29. The average molecular weight is 251 g/mol. The minimum atomic E-state index is -3.52. The van der Waals surface area contributed by atoms with Gasteiger partial charge < -0.3 is 5.73 Å². The molecule has 84 valence electrons. The first kappa shape index (κ1) is 13.7. The van der Waals surface area contributed by atoms with Crippen molar-refractivity contribution in [2.24, 2.45) is 0 Å². The number of hydrogen-bond donors (Lipinski definition) is 2. The fourth-order valence-electron chi connectivity index (χ4n) is 0.907. The van der Waals surface area contributed by atoms with Gasteiger partial charge in [0.1, 0.15) is 0 Å². The monoisotopic (exact) mass is 250 g/mol. The van der Waals surface area contributed by atoms with Crippen molar-refractivity contribution in [1.82, 2.24) is 4.72 Å². The number of rotatable bonds is 2. The molecule has 0 aliphatic heterocycles. The summed E-state index contributed by atoms with van der Waals surface area (Å²) in [7, 11) is -3.52. The van der Waals surface area contributed by atoms with Gasteiger partial charge in [-0.25, -0.2) is 13.1 Å². The van der Waals surface area contributed by atoms with Crippen LogP contribution in [0.3, 0.4) is 0 Å². The van der Waals surface area contributed by atoms with E-state index in [1.54, 1.807) is 12.1 Å². The Bertz CT molecular complexity index is 459. The summed E-state index contributed by atoms with van der Waals surface area (Å²) in [6.07, 6.45) is 0.914. The topological polar surface area (TPSA) is 89.3 Å². The van der Waals surface area contributed by atoms with Gasteiger partial charge in [0.2, 0.25) is 10.0 Å². The number of anilines is 1. The Morgan fingerprint density at radius 1 is 1.40 bits per heavy atom. The zero-order chi connectivity index (χ0) is 10.8. The highest BCUT2D eigenvalue weighted by atomic mass is 35.5. The van der Waals surface area contributed by atoms with Crippen molar-refractivity contribution in [2.75, 3.05) is 12.0 Å². The summed E-state index contributed by atoms with van der Waals surface area (Å²) < 4.78 is 23.3. The molecule has 0 radical (unpaired) electrons. The smallest absolute Gasteiger partial charge is 0.264 e. The molecule has 3 N–H and O–H groups in total. The molecule has 5 nitrogen and oxygen atoms in total. The van der Waals surface area contributed by atoms with E-state index in [0.29, 0.717) is 5.69 Å². The molecule has 0 heterocycles. The van der Waals surface area contributed by atoms with Crippen LogP contribution in [0.1, 0.15) is 10.4 Å². The Kier molecular flexibility index (Phi) is 4.57. The quantitative estimate of drug-likeness (QED) is 0.743. The predicted octanol–water partition coefficient (Wildman–Crippen LogP) is 0.380. The van der Waals surface area contributed by atoms with Crippen molar-refractivity contribution in [2.45, 2.75) is 0 Å². The van der Waals surface area contributed by atoms with Crippen LogP contribution in [0.25, 0.3) is 0 Å². The van der Waals surface area contributed by atoms with Crippen LogP contribution in [-0.4, -0.2) is 20.6 Å². The van der Waals surface area contributed by atoms with Gasteiger partial charge >= 0.3 is 0 Å². The van der Waals surface area contributed by atoms with Crippen molar-refractivity contribution in [1.29, 1.82) is 0 Å². The lowest BCUT2D eigenvalue weighted by molar-refractivity contribution is 0.0981. The predicted molar refractivity (Wildman–Crippen MR) is 60.4 cm³/mol. The molecule has 0 atom stereocenters. The second-order valence-corrected chi connectivity index (χ2v) is 4.58. The lowest BCUT2D eigenvalue weighted by atomic mass is 10.2. The van der Waals surface area contributed by atoms with E-state index in [0.717, 1.165) is 6.26 Å². The van der Waals surface area contributed by atoms with Gasteiger partial charge in [-0.1, -0.05) is 6.07 Å². The summed E-state index contributed by atoms with van der Waals surface area (Å²) in [5.74, 6) is -0.681. The lowest BCUT2D eigenvalue weighted by Gasteiger charge is -2.02. The normalized spacial score (nSPS) is 10.2. The van der Waals surface area contributed by atoms with Crippen LogP contribution in [-0.2, 0) is 10.0 Å². The number of carbonyl (C=O) groups excluding carboxylic acids is 1. The first-order valence-corrected chi connectivity index (χ1v) is 5.65. The maximum Gasteiger partial charge on any atom is 0.264 e. The summed E-state index contributed by atoms with van der Waals surface area (Å²) in [6, 6.07) is 6.07. The number of halogens is 1. The maximum atomic E-state index is 11.3. The molecule has 7 heteroatoms. The van der Waals surface area contributed by atoms with Gasteiger partial charge in [-0.05, 0) is 18.2 Å². The Morgan fingerprint density at radius 3 is 2.47 bits per heavy atom. The van der Waals surface area contributed by atoms with Gasteiger partial charge in [0.05, 0.1) is 6.26 Å². The molecule has 0 aromatic heterocycles. The minimum Gasteiger partial charge on any atom is -0.399 e. The van der Waals surface area contributed by atoms with Crippen molar-refractivity contribution >= 4 is 34.0 Å². The Hall–Kier alpha value is -1.27. The summed E-state index contributed by atoms with van der Waals surface area (Å²) >= 11 is 0. The second-order valence-electron chi connectivity index (χ2n) is 2.83. The highest BCUT2D eigenvalue weighted by Crippen LogP contribution is 2.06. The van der Waals surface area contributed by atoms with Crippen LogP contribution in [0.15, 0.2) is 24.3 Å². The molecular formula is C8H11ClN2O3S. The second kappa shape index (κ2) is 4.99. The van der Waals surface area contributed by atoms with Crippen LogP contribution < -0.4 is 10.5 Å². The summed E-state index contributed by atoms with van der Waals surface area (Å²) in [6.45, 7) is 0. The number of benzene rings is 1. The number of carbonyl (C=O) groups is 1. The zero-order valence-electron chi connectivity index (χ0n) is 7.93. The van der Waals surface area contributed by atoms with Gasteiger partial charge in [0.15, 0.2) is 0 Å². The Morgan fingerprint density at radius 2 is 2.00 bits per heavy atom. The van der Waals surface area contributed by atoms with E-state index in [2.05, 4.69) is 0 Å². The van der Waals surface area contributed by atoms with Crippen LogP contribution in [0, 0.1) is 0 Å². The highest BCUT2D eigenvalue weighted by molar-refractivity contribution is 7.89. The summed E-state index contributed by atoms with van der Waals surface area (Å²) in [5, 5.41) is 0. The van der Waals surface area contributed by atoms with Crippen molar-refractivity contribution in [3.05, 3.63) is 29.8 Å². The van der Waals surface area contributed by atoms with Gasteiger partial charge in [-0.2, -0.15) is 0 Å². The number of nitrogen functional groups attached to an aromatic ring is 1. The molecule has 1 amide bonds. The zero-order valence-corrected chi connectivity index (χ0v) is 9.56. The molecule has 0 spiro atoms. The van der Waals surface area contributed by atoms with E-state index in [1.165, 1.54) is 12.1 Å². The molecule has 0 saturated heterocycles. The third-order valence-corrected chi connectivity index (χ3v) is 1.98. The van der Waals surface area contributed by atoms with Gasteiger partial charge in [-0.15, -0.1) is 12.4 Å². The van der Waals surface area contributed by atoms with Gasteiger partial charge in [0.25, 0.3) is 5.91 Å². The molecular weight excluding hydrogens is 240 g/mol. The number of hydrogen-bond acceptors (Lipinski definition) is 4. The van der Waals surface area contributed by atoms with Crippen LogP contribution >= 0.6 is 12.4 Å². The van der Waals surface area contributed by atoms with Crippen LogP contribution in [0.5, 0.6) is 0 Å². The standard InChI is InChI=1S/C8H10N2O3S.ClH/c1-14(12,13)10-8(11)6-3-2-4-7(9)5-6;/h2-5H,9H2,1H3,(H,10,11);1H. The molecule has 15 heavy (non-hydrogen) atoms. The first-order chi connectivity index (χ1) is 6.38. The van der Waals surface area contributed by atoms with Gasteiger partial charge in [-0.3, -0.25) is 4.79 Å². The third-order valence-electron chi connectivity index (χ3n) is 1.43. The molecule has 0 fully saturated rings. The largest absolute Gasteiger partial charge is 0.399 e. The maximum absolute atomic E-state index is 11.3. The van der Waals surface area contributed by atoms with E-state index < -0.39 is 15.9 Å². The molecule has 0 saturated carbocycles. The molecule has 1 rings (SSSR count). The SMILES string of the molecule is CS(=O)(=O)NC(=O)c1cccc(N)c1.Cl. The summed E-state index contributed by atoms with van der Waals surface area (Å²) in [4.78, 5) is 11.3. The molecule has 0 aliphatic carbocycles. The Labute approximate surface area is 94.1 Å². The van der Waals surface area contributed by atoms with Crippen LogP contribution in [0.2, 0.25) is 0 Å². The number of nitrogens with two attached hydrogens (primary N) is 1. The van der Waals surface area contributed by atoms with Gasteiger partial charge in [0, 0.05) is 11.3 Å². The number of sulfonamides is 1. The third kappa shape index (κ3) is 4.66. The van der Waals surface area contributed by atoms with Crippen molar-refractivity contribution in [3.8, 4) is 0 Å². The van der Waals surface area contributed by atoms with E-state index in [-0.39, 0.29) is 18.0 Å². The first-order valence-electron chi connectivity index (χ1n) is 3.76. The minimum absolute atomic E-state index is 0. The Balaban J connectivity index is 0.00000196. The molecule has 1 aromatic carbocycles. The molecule has 0 unspecified atom stereocenters. The molecule has 0 bridgehead atoms. The van der Waals surface area contributed by atoms with Crippen LogP contribution in [0.4, 0.5) is 5.69 Å². The molecule has 1 aromatic rings. The van der Waals surface area contributed by atoms with E-state index in [4.69, 9.17) is 5.73 Å². The van der Waals surface area contributed by atoms with E-state index in [9.17, 15) is 13.2 Å². The number of nitrogens with one attached hydrogen (secondary N) is 1. The fraction of sp³-hybridized carbons (Fsp3) is 0.125. The van der Waals surface area contributed by atoms with Crippen molar-refractivity contribution in [3.63, 3.8) is 0 Å². The van der Waals surface area contributed by atoms with E-state index >= 15 is 0 Å². The van der Waals surface area contributed by atoms with Crippen molar-refractivity contribution < 1.29 is 13.2 Å². The molecule has 0 aliphatic rings.